The van der Waals surface area contributed by atoms with E-state index in [4.69, 9.17) is 9.51 Å². The number of nitrogens with one attached hydrogen (secondary N) is 1. The van der Waals surface area contributed by atoms with Gasteiger partial charge in [0.2, 0.25) is 17.6 Å². The van der Waals surface area contributed by atoms with Gasteiger partial charge in [-0.3, -0.25) is 9.69 Å². The highest BCUT2D eigenvalue weighted by atomic mass is 16.5. The summed E-state index contributed by atoms with van der Waals surface area (Å²) in [6, 6.07) is 12.1. The second kappa shape index (κ2) is 9.90. The van der Waals surface area contributed by atoms with Crippen molar-refractivity contribution in [3.05, 3.63) is 54.0 Å². The third-order valence-corrected chi connectivity index (χ3v) is 6.58. The summed E-state index contributed by atoms with van der Waals surface area (Å²) < 4.78 is 5.70. The lowest BCUT2D eigenvalue weighted by molar-refractivity contribution is -0.114. The highest BCUT2D eigenvalue weighted by molar-refractivity contribution is 5.88. The van der Waals surface area contributed by atoms with Gasteiger partial charge in [-0.25, -0.2) is 4.98 Å². The maximum atomic E-state index is 11.2. The number of likely N-dealkylation sites (tertiary alicyclic amines) is 1. The van der Waals surface area contributed by atoms with Gasteiger partial charge >= 0.3 is 0 Å². The molecule has 2 aromatic heterocycles. The molecule has 1 aromatic carbocycles. The Bertz CT molecular complexity index is 1110. The van der Waals surface area contributed by atoms with Crippen molar-refractivity contribution in [2.45, 2.75) is 32.4 Å². The Kier molecular flexibility index (Phi) is 6.55. The minimum absolute atomic E-state index is 0.0660. The average Bonchev–Trinajstić information content (AvgIpc) is 3.50. The SMILES string of the molecule is CC(=O)Nc1ccc(CN2CCCC2c2nc(-c3ccc(N4CCN(C)CC4)nc3)no2)cc1. The zero-order valence-electron chi connectivity index (χ0n) is 19.8. The molecule has 34 heavy (non-hydrogen) atoms. The van der Waals surface area contributed by atoms with Crippen LogP contribution in [0.4, 0.5) is 11.5 Å². The van der Waals surface area contributed by atoms with E-state index in [2.05, 4.69) is 37.2 Å². The molecule has 9 nitrogen and oxygen atoms in total. The van der Waals surface area contributed by atoms with E-state index in [1.807, 2.05) is 42.6 Å². The molecule has 0 radical (unpaired) electrons. The van der Waals surface area contributed by atoms with E-state index in [1.54, 1.807) is 0 Å². The second-order valence-corrected chi connectivity index (χ2v) is 9.16. The van der Waals surface area contributed by atoms with Gasteiger partial charge in [0.05, 0.1) is 6.04 Å². The smallest absolute Gasteiger partial charge is 0.244 e. The maximum absolute atomic E-state index is 11.2. The zero-order chi connectivity index (χ0) is 23.5. The van der Waals surface area contributed by atoms with Crippen LogP contribution in [0.25, 0.3) is 11.4 Å². The normalized spacial score (nSPS) is 19.5. The van der Waals surface area contributed by atoms with Gasteiger partial charge in [0.1, 0.15) is 5.82 Å². The number of rotatable bonds is 6. The number of piperazine rings is 1. The molecule has 2 aliphatic rings. The Balaban J connectivity index is 1.24. The van der Waals surface area contributed by atoms with Crippen molar-refractivity contribution in [1.82, 2.24) is 24.9 Å². The number of hydrogen-bond acceptors (Lipinski definition) is 8. The van der Waals surface area contributed by atoms with Gasteiger partial charge in [-0.2, -0.15) is 4.98 Å². The van der Waals surface area contributed by atoms with Crippen molar-refractivity contribution < 1.29 is 9.32 Å². The van der Waals surface area contributed by atoms with Crippen LogP contribution in [0.3, 0.4) is 0 Å². The Labute approximate surface area is 199 Å². The molecular weight excluding hydrogens is 430 g/mol. The van der Waals surface area contributed by atoms with Crippen molar-refractivity contribution in [2.24, 2.45) is 0 Å². The predicted octanol–water partition coefficient (Wildman–Crippen LogP) is 3.18. The molecule has 2 aliphatic heterocycles. The number of hydrogen-bond donors (Lipinski definition) is 1. The van der Waals surface area contributed by atoms with Crippen LogP contribution in [-0.4, -0.2) is 70.6 Å². The van der Waals surface area contributed by atoms with Crippen LogP contribution in [0, 0.1) is 0 Å². The maximum Gasteiger partial charge on any atom is 0.244 e. The van der Waals surface area contributed by atoms with Crippen LogP contribution in [0.2, 0.25) is 0 Å². The summed E-state index contributed by atoms with van der Waals surface area (Å²) in [5.74, 6) is 2.17. The van der Waals surface area contributed by atoms with Crippen LogP contribution in [0.5, 0.6) is 0 Å². The Morgan fingerprint density at radius 3 is 2.59 bits per heavy atom. The molecule has 0 spiro atoms. The molecule has 0 saturated carbocycles. The first-order chi connectivity index (χ1) is 16.5. The first-order valence-corrected chi connectivity index (χ1v) is 11.9. The number of carbonyl (C=O) groups excluding carboxylic acids is 1. The molecule has 5 rings (SSSR count). The molecule has 1 N–H and O–H groups in total. The fourth-order valence-electron chi connectivity index (χ4n) is 4.66. The van der Waals surface area contributed by atoms with E-state index in [9.17, 15) is 4.79 Å². The van der Waals surface area contributed by atoms with Crippen LogP contribution in [-0.2, 0) is 11.3 Å². The third-order valence-electron chi connectivity index (χ3n) is 6.58. The topological polar surface area (TPSA) is 90.6 Å². The van der Waals surface area contributed by atoms with E-state index in [0.29, 0.717) is 11.7 Å². The monoisotopic (exact) mass is 461 g/mol. The van der Waals surface area contributed by atoms with Crippen LogP contribution < -0.4 is 10.2 Å². The van der Waals surface area contributed by atoms with Crippen molar-refractivity contribution in [3.8, 4) is 11.4 Å². The molecule has 1 amide bonds. The standard InChI is InChI=1S/C25H31N7O2/c1-18(33)27-21-8-5-19(6-9-21)17-32-11-3-4-22(32)25-28-24(29-34-25)20-7-10-23(26-16-20)31-14-12-30(2)13-15-31/h5-10,16,22H,3-4,11-15,17H2,1-2H3,(H,27,33). The van der Waals surface area contributed by atoms with Crippen LogP contribution >= 0.6 is 0 Å². The van der Waals surface area contributed by atoms with Gasteiger partial charge in [0, 0.05) is 57.1 Å². The number of nitrogens with zero attached hydrogens (tertiary/aromatic N) is 6. The molecule has 2 fully saturated rings. The Morgan fingerprint density at radius 1 is 1.09 bits per heavy atom. The van der Waals surface area contributed by atoms with E-state index in [1.165, 1.54) is 12.5 Å². The highest BCUT2D eigenvalue weighted by Crippen LogP contribution is 2.33. The zero-order valence-corrected chi connectivity index (χ0v) is 19.8. The second-order valence-electron chi connectivity index (χ2n) is 9.16. The van der Waals surface area contributed by atoms with E-state index in [0.717, 1.165) is 69.2 Å². The first-order valence-electron chi connectivity index (χ1n) is 11.9. The van der Waals surface area contributed by atoms with Crippen molar-refractivity contribution >= 4 is 17.4 Å². The largest absolute Gasteiger partial charge is 0.354 e. The fraction of sp³-hybridized carbons (Fsp3) is 0.440. The van der Waals surface area contributed by atoms with Gasteiger partial charge < -0.3 is 19.6 Å². The molecule has 178 valence electrons. The summed E-state index contributed by atoms with van der Waals surface area (Å²) in [4.78, 5) is 27.6. The van der Waals surface area contributed by atoms with Crippen molar-refractivity contribution in [2.75, 3.05) is 50.0 Å². The Hall–Kier alpha value is -3.30. The van der Waals surface area contributed by atoms with Crippen molar-refractivity contribution in [1.29, 1.82) is 0 Å². The minimum Gasteiger partial charge on any atom is -0.354 e. The molecule has 0 bridgehead atoms. The van der Waals surface area contributed by atoms with E-state index in [-0.39, 0.29) is 11.9 Å². The molecule has 2 saturated heterocycles. The first kappa shape index (κ1) is 22.5. The third kappa shape index (κ3) is 5.10. The molecule has 1 unspecified atom stereocenters. The molecule has 4 heterocycles. The quantitative estimate of drug-likeness (QED) is 0.599. The lowest BCUT2D eigenvalue weighted by Crippen LogP contribution is -2.44. The van der Waals surface area contributed by atoms with Crippen LogP contribution in [0.1, 0.15) is 37.3 Å². The molecule has 0 aliphatic carbocycles. The van der Waals surface area contributed by atoms with Gasteiger partial charge in [0.15, 0.2) is 0 Å². The van der Waals surface area contributed by atoms with Gasteiger partial charge in [-0.15, -0.1) is 0 Å². The van der Waals surface area contributed by atoms with Gasteiger partial charge in [0.25, 0.3) is 0 Å². The highest BCUT2D eigenvalue weighted by Gasteiger charge is 2.31. The lowest BCUT2D eigenvalue weighted by Gasteiger charge is -2.33. The average molecular weight is 462 g/mol. The summed E-state index contributed by atoms with van der Waals surface area (Å²) >= 11 is 0. The summed E-state index contributed by atoms with van der Waals surface area (Å²) in [5, 5.41) is 7.06. The molecular formula is C25H31N7O2. The number of pyridine rings is 1. The molecule has 3 aromatic rings. The predicted molar refractivity (Wildman–Crippen MR) is 130 cm³/mol. The summed E-state index contributed by atoms with van der Waals surface area (Å²) in [5.41, 5.74) is 2.86. The molecule has 1 atom stereocenters. The summed E-state index contributed by atoms with van der Waals surface area (Å²) in [6.45, 7) is 7.37. The van der Waals surface area contributed by atoms with Crippen LogP contribution in [0.15, 0.2) is 47.1 Å². The fourth-order valence-corrected chi connectivity index (χ4v) is 4.66. The number of benzene rings is 1. The Morgan fingerprint density at radius 2 is 1.88 bits per heavy atom. The number of amides is 1. The van der Waals surface area contributed by atoms with Gasteiger partial charge in [-0.1, -0.05) is 17.3 Å². The number of aromatic nitrogens is 3. The molecule has 9 heteroatoms. The number of likely N-dealkylation sites (N-methyl/N-ethyl adjacent to an activating group) is 1. The van der Waals surface area contributed by atoms with Gasteiger partial charge in [-0.05, 0) is 56.3 Å². The summed E-state index contributed by atoms with van der Waals surface area (Å²) in [6.07, 6.45) is 3.92. The summed E-state index contributed by atoms with van der Waals surface area (Å²) in [7, 11) is 2.15. The lowest BCUT2D eigenvalue weighted by atomic mass is 10.1. The number of carbonyl (C=O) groups is 1. The van der Waals surface area contributed by atoms with E-state index >= 15 is 0 Å². The minimum atomic E-state index is -0.0660. The number of anilines is 2. The van der Waals surface area contributed by atoms with Crippen molar-refractivity contribution in [3.63, 3.8) is 0 Å². The van der Waals surface area contributed by atoms with E-state index < -0.39 is 0 Å².